The van der Waals surface area contributed by atoms with Gasteiger partial charge in [0.15, 0.2) is 0 Å². The van der Waals surface area contributed by atoms with E-state index in [0.29, 0.717) is 10.1 Å². The van der Waals surface area contributed by atoms with Crippen molar-refractivity contribution in [1.29, 1.82) is 10.5 Å². The molecule has 0 amide bonds. The van der Waals surface area contributed by atoms with E-state index >= 15 is 0 Å². The minimum absolute atomic E-state index is 0.463. The normalized spacial score (nSPS) is 11.6. The quantitative estimate of drug-likeness (QED) is 0.191. The lowest BCUT2D eigenvalue weighted by Gasteiger charge is -2.13. The summed E-state index contributed by atoms with van der Waals surface area (Å²) in [5, 5.41) is 28.2. The van der Waals surface area contributed by atoms with Crippen molar-refractivity contribution >= 4 is 56.1 Å². The van der Waals surface area contributed by atoms with E-state index in [4.69, 9.17) is 9.97 Å². The maximum absolute atomic E-state index is 9.25. The highest BCUT2D eigenvalue weighted by molar-refractivity contribution is 8.06. The lowest BCUT2D eigenvalue weighted by Crippen LogP contribution is -1.95. The molecule has 162 valence electrons. The van der Waals surface area contributed by atoms with Crippen LogP contribution in [0.25, 0.3) is 60.8 Å². The first-order chi connectivity index (χ1) is 17.3. The highest BCUT2D eigenvalue weighted by atomic mass is 32.2. The Bertz CT molecular complexity index is 1840. The lowest BCUT2D eigenvalue weighted by atomic mass is 10.0. The van der Waals surface area contributed by atoms with Crippen LogP contribution in [0.1, 0.15) is 0 Å². The Morgan fingerprint density at radius 1 is 0.600 bits per heavy atom. The first kappa shape index (κ1) is 20.1. The number of aromatic nitrogens is 3. The first-order valence-electron chi connectivity index (χ1n) is 10.9. The van der Waals surface area contributed by atoms with Gasteiger partial charge in [0.05, 0.1) is 28.1 Å². The average molecular weight is 484 g/mol. The standard InChI is InChI=1S/C28H13N5S2/c29-14-34-27-28(35-15-30)32-26-20-12-13-23(18-8-5-9-19(24(18)20)25(26)31-27)33-21-10-3-1-6-16(21)17-7-2-4-11-22(17)33/h1-13H. The van der Waals surface area contributed by atoms with Crippen molar-refractivity contribution in [3.63, 3.8) is 0 Å². The van der Waals surface area contributed by atoms with Crippen LogP contribution in [0.15, 0.2) is 88.9 Å². The maximum Gasteiger partial charge on any atom is 0.145 e. The van der Waals surface area contributed by atoms with Gasteiger partial charge in [0, 0.05) is 56.2 Å². The third-order valence-electron chi connectivity index (χ3n) is 6.47. The second-order valence-corrected chi connectivity index (χ2v) is 9.69. The lowest BCUT2D eigenvalue weighted by molar-refractivity contribution is 0.943. The number of para-hydroxylation sites is 2. The van der Waals surface area contributed by atoms with Crippen LogP contribution < -0.4 is 0 Å². The second kappa shape index (κ2) is 7.61. The topological polar surface area (TPSA) is 78.3 Å². The number of thioether (sulfide) groups is 2. The van der Waals surface area contributed by atoms with Crippen LogP contribution in [-0.2, 0) is 0 Å². The molecule has 0 radical (unpaired) electrons. The number of thiocyanates is 2. The van der Waals surface area contributed by atoms with Crippen LogP contribution in [-0.4, -0.2) is 14.5 Å². The SMILES string of the molecule is N#CSc1nc2c(nc1SC#N)-c1ccc(-n3c4ccccc4c4ccccc43)c3cccc-2c13. The molecule has 0 saturated carbocycles. The van der Waals surface area contributed by atoms with Crippen LogP contribution in [0.2, 0.25) is 0 Å². The van der Waals surface area contributed by atoms with Crippen molar-refractivity contribution in [3.8, 4) is 39.0 Å². The van der Waals surface area contributed by atoms with Crippen LogP contribution in [0.4, 0.5) is 0 Å². The molecule has 0 unspecified atom stereocenters. The molecule has 0 saturated heterocycles. The zero-order valence-electron chi connectivity index (χ0n) is 18.1. The molecular weight excluding hydrogens is 470 g/mol. The predicted molar refractivity (Wildman–Crippen MR) is 141 cm³/mol. The molecule has 0 aliphatic heterocycles. The van der Waals surface area contributed by atoms with Gasteiger partial charge in [-0.3, -0.25) is 0 Å². The number of nitrogens with zero attached hydrogens (tertiary/aromatic N) is 5. The van der Waals surface area contributed by atoms with E-state index in [9.17, 15) is 10.5 Å². The van der Waals surface area contributed by atoms with E-state index < -0.39 is 0 Å². The van der Waals surface area contributed by atoms with E-state index in [2.05, 4.69) is 88.2 Å². The van der Waals surface area contributed by atoms with E-state index in [1.807, 2.05) is 6.07 Å². The summed E-state index contributed by atoms with van der Waals surface area (Å²) in [6, 6.07) is 27.4. The smallest absolute Gasteiger partial charge is 0.145 e. The number of rotatable bonds is 3. The van der Waals surface area contributed by atoms with E-state index in [1.165, 1.54) is 10.8 Å². The Kier molecular flexibility index (Phi) is 4.37. The minimum Gasteiger partial charge on any atom is -0.309 e. The van der Waals surface area contributed by atoms with E-state index in [-0.39, 0.29) is 0 Å². The number of benzene rings is 4. The molecule has 0 fully saturated rings. The Balaban J connectivity index is 1.56. The van der Waals surface area contributed by atoms with Gasteiger partial charge in [-0.05, 0) is 24.3 Å². The fraction of sp³-hybridized carbons (Fsp3) is 0. The van der Waals surface area contributed by atoms with Crippen LogP contribution in [0, 0.1) is 21.3 Å². The summed E-state index contributed by atoms with van der Waals surface area (Å²) in [6.45, 7) is 0. The van der Waals surface area contributed by atoms with Crippen LogP contribution in [0.3, 0.4) is 0 Å². The van der Waals surface area contributed by atoms with Gasteiger partial charge >= 0.3 is 0 Å². The predicted octanol–water partition coefficient (Wildman–Crippen LogP) is 7.52. The third kappa shape index (κ3) is 2.77. The highest BCUT2D eigenvalue weighted by Gasteiger charge is 2.28. The molecule has 35 heavy (non-hydrogen) atoms. The number of nitriles is 2. The Morgan fingerprint density at radius 3 is 1.74 bits per heavy atom. The maximum atomic E-state index is 9.25. The zero-order chi connectivity index (χ0) is 23.5. The zero-order valence-corrected chi connectivity index (χ0v) is 19.7. The van der Waals surface area contributed by atoms with Crippen molar-refractivity contribution < 1.29 is 0 Å². The molecule has 0 N–H and O–H groups in total. The second-order valence-electron chi connectivity index (χ2n) is 8.15. The summed E-state index contributed by atoms with van der Waals surface area (Å²) >= 11 is 1.87. The summed E-state index contributed by atoms with van der Waals surface area (Å²) in [5.74, 6) is 0. The molecule has 4 aromatic carbocycles. The fourth-order valence-corrected chi connectivity index (χ4v) is 6.13. The monoisotopic (exact) mass is 483 g/mol. The molecule has 6 aromatic rings. The van der Waals surface area contributed by atoms with Gasteiger partial charge < -0.3 is 4.57 Å². The summed E-state index contributed by atoms with van der Waals surface area (Å²) in [5.41, 5.74) is 6.90. The highest BCUT2D eigenvalue weighted by Crippen LogP contribution is 2.49. The van der Waals surface area contributed by atoms with Gasteiger partial charge in [0.1, 0.15) is 20.9 Å². The average Bonchev–Trinajstić information content (AvgIpc) is 3.39. The van der Waals surface area contributed by atoms with Crippen molar-refractivity contribution in [1.82, 2.24) is 14.5 Å². The Labute approximate surface area is 208 Å². The van der Waals surface area contributed by atoms with Crippen molar-refractivity contribution in [2.45, 2.75) is 10.1 Å². The van der Waals surface area contributed by atoms with Crippen molar-refractivity contribution in [2.24, 2.45) is 0 Å². The molecule has 1 aliphatic carbocycles. The van der Waals surface area contributed by atoms with Gasteiger partial charge in [0.25, 0.3) is 0 Å². The van der Waals surface area contributed by atoms with Gasteiger partial charge in [-0.15, -0.1) is 0 Å². The van der Waals surface area contributed by atoms with E-state index in [1.54, 1.807) is 0 Å². The van der Waals surface area contributed by atoms with Gasteiger partial charge in [-0.1, -0.05) is 54.6 Å². The first-order valence-corrected chi connectivity index (χ1v) is 12.5. The summed E-state index contributed by atoms with van der Waals surface area (Å²) in [7, 11) is 0. The molecule has 1 aliphatic rings. The largest absolute Gasteiger partial charge is 0.309 e. The molecule has 7 heteroatoms. The Hall–Kier alpha value is -4.30. The number of hydrogen-bond donors (Lipinski definition) is 0. The van der Waals surface area contributed by atoms with Gasteiger partial charge in [-0.2, -0.15) is 10.5 Å². The molecule has 7 rings (SSSR count). The molecule has 0 atom stereocenters. The van der Waals surface area contributed by atoms with Crippen molar-refractivity contribution in [3.05, 3.63) is 78.9 Å². The fourth-order valence-electron chi connectivity index (χ4n) is 5.16. The summed E-state index contributed by atoms with van der Waals surface area (Å²) in [6.07, 6.45) is 0. The summed E-state index contributed by atoms with van der Waals surface area (Å²) < 4.78 is 2.32. The third-order valence-corrected chi connectivity index (χ3v) is 7.74. The van der Waals surface area contributed by atoms with E-state index in [0.717, 1.165) is 73.5 Å². The molecule has 2 aromatic heterocycles. The number of fused-ring (bicyclic) bond motifs is 6. The van der Waals surface area contributed by atoms with Crippen molar-refractivity contribution in [2.75, 3.05) is 0 Å². The van der Waals surface area contributed by atoms with Crippen LogP contribution >= 0.6 is 23.5 Å². The Morgan fingerprint density at radius 2 is 1.14 bits per heavy atom. The van der Waals surface area contributed by atoms with Crippen LogP contribution in [0.5, 0.6) is 0 Å². The molecular formula is C28H13N5S2. The van der Waals surface area contributed by atoms with Gasteiger partial charge in [0.2, 0.25) is 0 Å². The molecule has 0 bridgehead atoms. The molecule has 5 nitrogen and oxygen atoms in total. The number of hydrogen-bond acceptors (Lipinski definition) is 6. The molecule has 0 spiro atoms. The minimum atomic E-state index is 0.463. The summed E-state index contributed by atoms with van der Waals surface area (Å²) in [4.78, 5) is 9.59. The van der Waals surface area contributed by atoms with Gasteiger partial charge in [-0.25, -0.2) is 9.97 Å². The molecule has 2 heterocycles.